The summed E-state index contributed by atoms with van der Waals surface area (Å²) >= 11 is 0. The maximum Gasteiger partial charge on any atom is 0.105 e. The summed E-state index contributed by atoms with van der Waals surface area (Å²) in [7, 11) is 4.17. The van der Waals surface area contributed by atoms with Gasteiger partial charge in [-0.25, -0.2) is 4.98 Å². The van der Waals surface area contributed by atoms with Gasteiger partial charge in [0.25, 0.3) is 0 Å². The van der Waals surface area contributed by atoms with Crippen LogP contribution in [0, 0.1) is 6.92 Å². The zero-order chi connectivity index (χ0) is 14.4. The molecule has 0 amide bonds. The third-order valence-electron chi connectivity index (χ3n) is 2.64. The van der Waals surface area contributed by atoms with Crippen molar-refractivity contribution in [1.29, 1.82) is 0 Å². The van der Waals surface area contributed by atoms with Gasteiger partial charge in [-0.1, -0.05) is 34.1 Å². The SMILES string of the molecule is CC.CC.CN1CCCCC1.Cc1nccn1C. The lowest BCUT2D eigenvalue weighted by molar-refractivity contribution is 0.277. The number of likely N-dealkylation sites (tertiary alicyclic amines) is 1. The van der Waals surface area contributed by atoms with Gasteiger partial charge in [-0.2, -0.15) is 0 Å². The summed E-state index contributed by atoms with van der Waals surface area (Å²) in [6, 6.07) is 0. The van der Waals surface area contributed by atoms with E-state index in [1.807, 2.05) is 52.4 Å². The molecule has 1 aliphatic heterocycles. The van der Waals surface area contributed by atoms with Crippen molar-refractivity contribution in [2.24, 2.45) is 7.05 Å². The molecular formula is C15H33N3. The van der Waals surface area contributed by atoms with Crippen LogP contribution in [0.25, 0.3) is 0 Å². The highest BCUT2D eigenvalue weighted by atomic mass is 15.1. The third kappa shape index (κ3) is 10.3. The molecule has 0 saturated carbocycles. The van der Waals surface area contributed by atoms with Crippen LogP contribution in [0.5, 0.6) is 0 Å². The highest BCUT2D eigenvalue weighted by molar-refractivity contribution is 4.85. The van der Waals surface area contributed by atoms with Crippen molar-refractivity contribution < 1.29 is 0 Å². The van der Waals surface area contributed by atoms with Gasteiger partial charge in [0, 0.05) is 19.4 Å². The summed E-state index contributed by atoms with van der Waals surface area (Å²) in [5, 5.41) is 0. The van der Waals surface area contributed by atoms with Crippen LogP contribution in [-0.2, 0) is 7.05 Å². The molecule has 1 saturated heterocycles. The van der Waals surface area contributed by atoms with Crippen LogP contribution < -0.4 is 0 Å². The number of aryl methyl sites for hydroxylation is 2. The summed E-state index contributed by atoms with van der Waals surface area (Å²) in [6.45, 7) is 12.6. The minimum Gasteiger partial charge on any atom is -0.338 e. The summed E-state index contributed by atoms with van der Waals surface area (Å²) in [6.07, 6.45) is 7.99. The second-order valence-electron chi connectivity index (χ2n) is 3.95. The number of imidazole rings is 1. The molecule has 0 unspecified atom stereocenters. The van der Waals surface area contributed by atoms with Gasteiger partial charge in [0.05, 0.1) is 0 Å². The van der Waals surface area contributed by atoms with Gasteiger partial charge in [-0.15, -0.1) is 0 Å². The second-order valence-corrected chi connectivity index (χ2v) is 3.95. The van der Waals surface area contributed by atoms with Crippen molar-refractivity contribution in [3.05, 3.63) is 18.2 Å². The molecule has 108 valence electrons. The number of aromatic nitrogens is 2. The van der Waals surface area contributed by atoms with Crippen LogP contribution in [0.15, 0.2) is 12.4 Å². The van der Waals surface area contributed by atoms with E-state index in [4.69, 9.17) is 0 Å². The lowest BCUT2D eigenvalue weighted by atomic mass is 10.1. The average Bonchev–Trinajstić information content (AvgIpc) is 2.80. The Kier molecular flexibility index (Phi) is 15.4. The van der Waals surface area contributed by atoms with Crippen LogP contribution in [0.2, 0.25) is 0 Å². The first-order valence-electron chi connectivity index (χ1n) is 7.32. The maximum absolute atomic E-state index is 3.98. The first-order chi connectivity index (χ1) is 8.70. The maximum atomic E-state index is 3.98. The number of hydrogen-bond acceptors (Lipinski definition) is 2. The Balaban J connectivity index is 0. The van der Waals surface area contributed by atoms with E-state index in [1.165, 1.54) is 32.4 Å². The quantitative estimate of drug-likeness (QED) is 0.701. The van der Waals surface area contributed by atoms with Crippen molar-refractivity contribution in [3.63, 3.8) is 0 Å². The van der Waals surface area contributed by atoms with Crippen molar-refractivity contribution in [1.82, 2.24) is 14.5 Å². The van der Waals surface area contributed by atoms with Crippen molar-refractivity contribution in [3.8, 4) is 0 Å². The summed E-state index contributed by atoms with van der Waals surface area (Å²) in [4.78, 5) is 6.37. The fourth-order valence-corrected chi connectivity index (χ4v) is 1.49. The molecule has 18 heavy (non-hydrogen) atoms. The summed E-state index contributed by atoms with van der Waals surface area (Å²) in [5.41, 5.74) is 0. The summed E-state index contributed by atoms with van der Waals surface area (Å²) in [5.74, 6) is 1.06. The molecule has 1 aliphatic rings. The van der Waals surface area contributed by atoms with E-state index < -0.39 is 0 Å². The molecular weight excluding hydrogens is 222 g/mol. The lowest BCUT2D eigenvalue weighted by Gasteiger charge is -2.20. The predicted octanol–water partition coefficient (Wildman–Crippen LogP) is 3.88. The molecule has 1 aromatic heterocycles. The van der Waals surface area contributed by atoms with E-state index in [-0.39, 0.29) is 0 Å². The van der Waals surface area contributed by atoms with Crippen molar-refractivity contribution in [2.75, 3.05) is 20.1 Å². The molecule has 0 aromatic carbocycles. The minimum absolute atomic E-state index is 1.06. The van der Waals surface area contributed by atoms with Crippen molar-refractivity contribution >= 4 is 0 Å². The monoisotopic (exact) mass is 255 g/mol. The molecule has 1 fully saturated rings. The third-order valence-corrected chi connectivity index (χ3v) is 2.64. The molecule has 2 rings (SSSR count). The first-order valence-corrected chi connectivity index (χ1v) is 7.32. The smallest absolute Gasteiger partial charge is 0.105 e. The van der Waals surface area contributed by atoms with E-state index in [1.54, 1.807) is 6.20 Å². The first kappa shape index (κ1) is 19.5. The van der Waals surface area contributed by atoms with Crippen LogP contribution in [0.1, 0.15) is 52.8 Å². The fourth-order valence-electron chi connectivity index (χ4n) is 1.49. The molecule has 0 atom stereocenters. The van der Waals surface area contributed by atoms with E-state index in [0.29, 0.717) is 0 Å². The molecule has 0 bridgehead atoms. The van der Waals surface area contributed by atoms with Gasteiger partial charge in [0.2, 0.25) is 0 Å². The van der Waals surface area contributed by atoms with Crippen molar-refractivity contribution in [2.45, 2.75) is 53.9 Å². The zero-order valence-corrected chi connectivity index (χ0v) is 13.5. The molecule has 0 N–H and O–H groups in total. The van der Waals surface area contributed by atoms with Gasteiger partial charge in [0.1, 0.15) is 5.82 Å². The van der Waals surface area contributed by atoms with E-state index >= 15 is 0 Å². The molecule has 2 heterocycles. The van der Waals surface area contributed by atoms with E-state index in [9.17, 15) is 0 Å². The zero-order valence-electron chi connectivity index (χ0n) is 13.5. The largest absolute Gasteiger partial charge is 0.338 e. The molecule has 3 nitrogen and oxygen atoms in total. The molecule has 0 aliphatic carbocycles. The molecule has 3 heteroatoms. The molecule has 0 radical (unpaired) electrons. The van der Waals surface area contributed by atoms with Gasteiger partial charge < -0.3 is 9.47 Å². The number of nitrogens with zero attached hydrogens (tertiary/aromatic N) is 3. The number of rotatable bonds is 0. The van der Waals surface area contributed by atoms with Gasteiger partial charge >= 0.3 is 0 Å². The van der Waals surface area contributed by atoms with Gasteiger partial charge in [-0.05, 0) is 39.9 Å². The van der Waals surface area contributed by atoms with E-state index in [2.05, 4.69) is 16.9 Å². The minimum atomic E-state index is 1.06. The van der Waals surface area contributed by atoms with Crippen LogP contribution in [0.4, 0.5) is 0 Å². The highest BCUT2D eigenvalue weighted by Crippen LogP contribution is 2.04. The van der Waals surface area contributed by atoms with E-state index in [0.717, 1.165) is 5.82 Å². The molecule has 0 spiro atoms. The Morgan fingerprint density at radius 3 is 1.61 bits per heavy atom. The highest BCUT2D eigenvalue weighted by Gasteiger charge is 2.02. The number of hydrogen-bond donors (Lipinski definition) is 0. The second kappa shape index (κ2) is 14.2. The molecule has 1 aromatic rings. The topological polar surface area (TPSA) is 21.1 Å². The normalized spacial score (nSPS) is 14.2. The Hall–Kier alpha value is -0.830. The summed E-state index contributed by atoms with van der Waals surface area (Å²) < 4.78 is 1.97. The van der Waals surface area contributed by atoms with Crippen LogP contribution >= 0.6 is 0 Å². The standard InChI is InChI=1S/C6H13N.C5H8N2.2C2H6/c1-7-5-3-2-4-6-7;1-5-6-3-4-7(5)2;2*1-2/h2-6H2,1H3;3-4H,1-2H3;2*1-2H3. The Morgan fingerprint density at radius 2 is 1.44 bits per heavy atom. The van der Waals surface area contributed by atoms with Crippen LogP contribution in [-0.4, -0.2) is 34.6 Å². The Morgan fingerprint density at radius 1 is 0.944 bits per heavy atom. The van der Waals surface area contributed by atoms with Crippen LogP contribution in [0.3, 0.4) is 0 Å². The Labute approximate surface area is 114 Å². The Bertz CT molecular complexity index is 233. The predicted molar refractivity (Wildman–Crippen MR) is 82.0 cm³/mol. The van der Waals surface area contributed by atoms with Gasteiger partial charge in [-0.3, -0.25) is 0 Å². The fraction of sp³-hybridized carbons (Fsp3) is 0.800. The number of piperidine rings is 1. The van der Waals surface area contributed by atoms with Gasteiger partial charge in [0.15, 0.2) is 0 Å². The lowest BCUT2D eigenvalue weighted by Crippen LogP contribution is -2.24. The average molecular weight is 255 g/mol.